The Labute approximate surface area is 210 Å². The summed E-state index contributed by atoms with van der Waals surface area (Å²) < 4.78 is 47.8. The SMILES string of the molecule is CC1(C)Oc2cc(-c3ccnc(Nc4ccc(N5CC6CC5CN6)c(C(F)(F)F)c4)n3)cnc2NC1=O. The summed E-state index contributed by atoms with van der Waals surface area (Å²) in [6.07, 6.45) is -0.626. The molecule has 0 aliphatic carbocycles. The molecule has 192 valence electrons. The number of nitrogens with one attached hydrogen (secondary N) is 3. The molecule has 3 aliphatic rings. The minimum atomic E-state index is -4.51. The van der Waals surface area contributed by atoms with Crippen molar-refractivity contribution in [3.05, 3.63) is 48.3 Å². The molecule has 2 atom stereocenters. The van der Waals surface area contributed by atoms with Crippen LogP contribution in [0.4, 0.5) is 36.3 Å². The summed E-state index contributed by atoms with van der Waals surface area (Å²) in [6, 6.07) is 7.87. The molecule has 3 N–H and O–H groups in total. The summed E-state index contributed by atoms with van der Waals surface area (Å²) in [6.45, 7) is 4.55. The van der Waals surface area contributed by atoms with Gasteiger partial charge in [-0.3, -0.25) is 4.79 Å². The van der Waals surface area contributed by atoms with Gasteiger partial charge in [0.2, 0.25) is 5.95 Å². The summed E-state index contributed by atoms with van der Waals surface area (Å²) in [4.78, 5) is 26.8. The molecule has 2 bridgehead atoms. The van der Waals surface area contributed by atoms with Crippen LogP contribution in [0.3, 0.4) is 0 Å². The highest BCUT2D eigenvalue weighted by Crippen LogP contribution is 2.42. The summed E-state index contributed by atoms with van der Waals surface area (Å²) >= 11 is 0. The van der Waals surface area contributed by atoms with E-state index in [-0.39, 0.29) is 35.3 Å². The molecule has 12 heteroatoms. The fourth-order valence-electron chi connectivity index (χ4n) is 4.99. The molecule has 2 saturated heterocycles. The predicted molar refractivity (Wildman–Crippen MR) is 131 cm³/mol. The van der Waals surface area contributed by atoms with E-state index < -0.39 is 17.3 Å². The Morgan fingerprint density at radius 1 is 1.19 bits per heavy atom. The largest absolute Gasteiger partial charge is 0.474 e. The van der Waals surface area contributed by atoms with Crippen molar-refractivity contribution in [1.29, 1.82) is 0 Å². The highest BCUT2D eigenvalue weighted by atomic mass is 19.4. The number of hydrogen-bond acceptors (Lipinski definition) is 8. The van der Waals surface area contributed by atoms with Gasteiger partial charge in [-0.25, -0.2) is 15.0 Å². The number of hydrogen-bond donors (Lipinski definition) is 3. The van der Waals surface area contributed by atoms with Crippen LogP contribution >= 0.6 is 0 Å². The van der Waals surface area contributed by atoms with Gasteiger partial charge < -0.3 is 25.6 Å². The highest BCUT2D eigenvalue weighted by Gasteiger charge is 2.42. The van der Waals surface area contributed by atoms with Crippen LogP contribution in [0.5, 0.6) is 5.75 Å². The zero-order chi connectivity index (χ0) is 25.9. The molecule has 37 heavy (non-hydrogen) atoms. The van der Waals surface area contributed by atoms with E-state index in [1.165, 1.54) is 18.5 Å². The molecule has 0 spiro atoms. The number of carbonyl (C=O) groups excluding carboxylic acids is 1. The molecule has 5 heterocycles. The number of halogens is 3. The molecule has 1 aromatic carbocycles. The van der Waals surface area contributed by atoms with E-state index >= 15 is 0 Å². The summed E-state index contributed by atoms with van der Waals surface area (Å²) in [7, 11) is 0. The molecule has 0 saturated carbocycles. The van der Waals surface area contributed by atoms with E-state index in [1.54, 1.807) is 32.0 Å². The number of pyridine rings is 1. The maximum Gasteiger partial charge on any atom is 0.418 e. The van der Waals surface area contributed by atoms with Gasteiger partial charge in [-0.15, -0.1) is 0 Å². The van der Waals surface area contributed by atoms with E-state index in [2.05, 4.69) is 30.9 Å². The van der Waals surface area contributed by atoms with Gasteiger partial charge in [0.15, 0.2) is 17.2 Å². The lowest BCUT2D eigenvalue weighted by Crippen LogP contribution is -2.45. The first-order chi connectivity index (χ1) is 17.6. The molecule has 6 rings (SSSR count). The van der Waals surface area contributed by atoms with Gasteiger partial charge in [-0.2, -0.15) is 13.2 Å². The second kappa shape index (κ2) is 8.30. The smallest absolute Gasteiger partial charge is 0.418 e. The first-order valence-corrected chi connectivity index (χ1v) is 11.9. The van der Waals surface area contributed by atoms with Crippen LogP contribution in [0.15, 0.2) is 42.7 Å². The number of amides is 1. The topological polar surface area (TPSA) is 104 Å². The minimum Gasteiger partial charge on any atom is -0.474 e. The van der Waals surface area contributed by atoms with Crippen molar-refractivity contribution in [3.63, 3.8) is 0 Å². The Balaban J connectivity index is 1.27. The van der Waals surface area contributed by atoms with Gasteiger partial charge in [0, 0.05) is 54.5 Å². The summed E-state index contributed by atoms with van der Waals surface area (Å²) in [5.41, 5.74) is -0.246. The second-order valence-corrected chi connectivity index (χ2v) is 9.90. The van der Waals surface area contributed by atoms with Crippen molar-refractivity contribution in [2.45, 2.75) is 44.1 Å². The van der Waals surface area contributed by atoms with Crippen LogP contribution in [-0.4, -0.2) is 51.6 Å². The van der Waals surface area contributed by atoms with Crippen molar-refractivity contribution in [1.82, 2.24) is 20.3 Å². The molecule has 3 aromatic rings. The van der Waals surface area contributed by atoms with Crippen LogP contribution in [0, 0.1) is 0 Å². The fraction of sp³-hybridized carbons (Fsp3) is 0.360. The fourth-order valence-corrected chi connectivity index (χ4v) is 4.99. The predicted octanol–water partition coefficient (Wildman–Crippen LogP) is 3.96. The lowest BCUT2D eigenvalue weighted by atomic mass is 10.1. The van der Waals surface area contributed by atoms with Crippen LogP contribution in [0.1, 0.15) is 25.8 Å². The van der Waals surface area contributed by atoms with Crippen molar-refractivity contribution in [3.8, 4) is 17.0 Å². The van der Waals surface area contributed by atoms with E-state index in [1.807, 2.05) is 4.90 Å². The quantitative estimate of drug-likeness (QED) is 0.484. The van der Waals surface area contributed by atoms with Gasteiger partial charge in [0.1, 0.15) is 0 Å². The number of ether oxygens (including phenoxy) is 1. The Morgan fingerprint density at radius 2 is 2.03 bits per heavy atom. The monoisotopic (exact) mass is 511 g/mol. The van der Waals surface area contributed by atoms with Crippen LogP contribution in [0.25, 0.3) is 11.3 Å². The van der Waals surface area contributed by atoms with Crippen LogP contribution in [-0.2, 0) is 11.0 Å². The van der Waals surface area contributed by atoms with Crippen molar-refractivity contribution in [2.24, 2.45) is 0 Å². The van der Waals surface area contributed by atoms with E-state index in [0.717, 1.165) is 12.5 Å². The van der Waals surface area contributed by atoms with Crippen molar-refractivity contribution in [2.75, 3.05) is 28.6 Å². The summed E-state index contributed by atoms with van der Waals surface area (Å²) in [5.74, 6) is 0.538. The third kappa shape index (κ3) is 4.31. The lowest BCUT2D eigenvalue weighted by Gasteiger charge is -2.32. The molecule has 2 fully saturated rings. The Morgan fingerprint density at radius 3 is 2.76 bits per heavy atom. The molecular formula is C25H24F3N7O2. The maximum atomic E-state index is 14.0. The van der Waals surface area contributed by atoms with Crippen molar-refractivity contribution >= 4 is 29.0 Å². The number of rotatable bonds is 4. The number of benzene rings is 1. The van der Waals surface area contributed by atoms with Gasteiger partial charge in [0.25, 0.3) is 5.91 Å². The van der Waals surface area contributed by atoms with E-state index in [9.17, 15) is 18.0 Å². The van der Waals surface area contributed by atoms with Crippen LogP contribution < -0.4 is 25.6 Å². The van der Waals surface area contributed by atoms with E-state index in [0.29, 0.717) is 35.9 Å². The third-order valence-corrected chi connectivity index (χ3v) is 6.87. The molecule has 9 nitrogen and oxygen atoms in total. The number of aromatic nitrogens is 3. The molecular weight excluding hydrogens is 487 g/mol. The Kier molecular flexibility index (Phi) is 5.26. The first kappa shape index (κ1) is 23.5. The van der Waals surface area contributed by atoms with Crippen molar-refractivity contribution < 1.29 is 22.7 Å². The third-order valence-electron chi connectivity index (χ3n) is 6.87. The number of fused-ring (bicyclic) bond motifs is 3. The molecule has 2 unspecified atom stereocenters. The van der Waals surface area contributed by atoms with Gasteiger partial charge in [-0.1, -0.05) is 0 Å². The zero-order valence-electron chi connectivity index (χ0n) is 20.1. The zero-order valence-corrected chi connectivity index (χ0v) is 20.1. The summed E-state index contributed by atoms with van der Waals surface area (Å²) in [5, 5.41) is 8.92. The number of nitrogens with zero attached hydrogens (tertiary/aromatic N) is 4. The Bertz CT molecular complexity index is 1390. The molecule has 0 radical (unpaired) electrons. The molecule has 3 aliphatic heterocycles. The average molecular weight is 512 g/mol. The lowest BCUT2D eigenvalue weighted by molar-refractivity contribution is -0.137. The average Bonchev–Trinajstić information content (AvgIpc) is 3.48. The number of alkyl halides is 3. The van der Waals surface area contributed by atoms with Gasteiger partial charge >= 0.3 is 6.18 Å². The maximum absolute atomic E-state index is 14.0. The number of piperazine rings is 1. The normalized spacial score (nSPS) is 21.9. The van der Waals surface area contributed by atoms with Gasteiger partial charge in [-0.05, 0) is 50.6 Å². The standard InChI is InChI=1S/C25H24F3N7O2/c1-24(2)22(36)34-21-20(37-24)7-13(10-31-21)18-5-6-29-23(33-18)32-14-3-4-19(17(9-14)25(26,27)28)35-12-15-8-16(35)11-30-15/h3-7,9-10,15-16,30H,8,11-12H2,1-2H3,(H,29,32,33)(H,31,34,36). The van der Waals surface area contributed by atoms with E-state index in [4.69, 9.17) is 4.74 Å². The van der Waals surface area contributed by atoms with Gasteiger partial charge in [0.05, 0.1) is 11.3 Å². The number of carbonyl (C=O) groups is 1. The highest BCUT2D eigenvalue weighted by molar-refractivity contribution is 5.99. The molecule has 1 amide bonds. The molecule has 2 aromatic heterocycles. The second-order valence-electron chi connectivity index (χ2n) is 9.90. The minimum absolute atomic E-state index is 0.0676. The first-order valence-electron chi connectivity index (χ1n) is 11.9. The number of anilines is 4. The van der Waals surface area contributed by atoms with Crippen LogP contribution in [0.2, 0.25) is 0 Å². The Hall–Kier alpha value is -3.93.